The third-order valence-corrected chi connectivity index (χ3v) is 16.6. The lowest BCUT2D eigenvalue weighted by Crippen LogP contribution is -2.54. The molecule has 66 heavy (non-hydrogen) atoms. The van der Waals surface area contributed by atoms with Crippen LogP contribution in [0, 0.1) is 33.2 Å². The first kappa shape index (κ1) is 44.1. The molecule has 0 radical (unpaired) electrons. The zero-order valence-electron chi connectivity index (χ0n) is 37.7. The average Bonchev–Trinajstić information content (AvgIpc) is 3.94. The number of nitrogens with zero attached hydrogens (tertiary/aromatic N) is 4. The number of H-pyrrole nitrogens is 1. The summed E-state index contributed by atoms with van der Waals surface area (Å²) >= 11 is 0. The molecular weight excluding hydrogens is 862 g/mol. The number of nitro groups is 1. The standard InChI is InChI=1S/C50H58FN7O7S/c1-30(2)37-7-4-5-8-38(37)43-9-6-18-57(43)34-25-50(26-34)16-19-56(20-17-50)33-14-15-39(45(21-33)65-35-22-40-41(51)28-53-48(40)52-27-35)49(59)55-66(62,63)36-23-44(58(60)61)47-46(24-36)64-29-42(54-47)32-12-10-31(3)11-13-32/h4-5,7-8,14-15,21-24,27-28,30-32,34,42-43,54H,6,9-13,16-20,25-26,29H2,1-3H3,(H,52,53)(H,55,59)/t31?,32?,42-,43-/m1/s1. The van der Waals surface area contributed by atoms with Gasteiger partial charge in [-0.05, 0) is 110 Å². The molecule has 5 aromatic rings. The number of amides is 1. The van der Waals surface area contributed by atoms with Crippen LogP contribution in [-0.4, -0.2) is 72.4 Å². The Morgan fingerprint density at radius 2 is 1.80 bits per heavy atom. The Morgan fingerprint density at radius 1 is 1.03 bits per heavy atom. The van der Waals surface area contributed by atoms with Crippen molar-refractivity contribution < 1.29 is 32.0 Å². The summed E-state index contributed by atoms with van der Waals surface area (Å²) < 4.78 is 57.0. The molecule has 5 aliphatic rings. The highest BCUT2D eigenvalue weighted by atomic mass is 32.2. The minimum Gasteiger partial charge on any atom is -0.489 e. The molecule has 2 aromatic heterocycles. The van der Waals surface area contributed by atoms with E-state index in [1.54, 1.807) is 12.1 Å². The van der Waals surface area contributed by atoms with Crippen LogP contribution in [0.1, 0.15) is 118 Å². The van der Waals surface area contributed by atoms with Crippen LogP contribution in [0.25, 0.3) is 11.0 Å². The van der Waals surface area contributed by atoms with Crippen LogP contribution in [0.2, 0.25) is 0 Å². The highest BCUT2D eigenvalue weighted by molar-refractivity contribution is 7.90. The number of carbonyl (C=O) groups is 1. The van der Waals surface area contributed by atoms with Gasteiger partial charge in [-0.3, -0.25) is 19.8 Å². The van der Waals surface area contributed by atoms with Crippen molar-refractivity contribution in [3.63, 3.8) is 0 Å². The Morgan fingerprint density at radius 3 is 2.56 bits per heavy atom. The van der Waals surface area contributed by atoms with Crippen molar-refractivity contribution in [1.29, 1.82) is 0 Å². The number of sulfonamides is 1. The van der Waals surface area contributed by atoms with Gasteiger partial charge in [0.1, 0.15) is 29.6 Å². The molecule has 0 unspecified atom stereocenters. The van der Waals surface area contributed by atoms with Gasteiger partial charge in [0.2, 0.25) is 0 Å². The zero-order chi connectivity index (χ0) is 45.9. The summed E-state index contributed by atoms with van der Waals surface area (Å²) in [5.74, 6) is 0.0386. The minimum absolute atomic E-state index is 0.0269. The van der Waals surface area contributed by atoms with Gasteiger partial charge in [0.05, 0.1) is 33.0 Å². The highest BCUT2D eigenvalue weighted by Crippen LogP contribution is 2.54. The maximum atomic E-state index is 14.7. The van der Waals surface area contributed by atoms with Crippen molar-refractivity contribution >= 4 is 44.0 Å². The number of hydrogen-bond donors (Lipinski definition) is 3. The Hall–Kier alpha value is -5.74. The molecule has 16 heteroatoms. The highest BCUT2D eigenvalue weighted by Gasteiger charge is 2.50. The van der Waals surface area contributed by atoms with E-state index in [-0.39, 0.29) is 57.9 Å². The van der Waals surface area contributed by atoms with Crippen molar-refractivity contribution in [2.24, 2.45) is 17.3 Å². The van der Waals surface area contributed by atoms with Crippen LogP contribution in [0.3, 0.4) is 0 Å². The van der Waals surface area contributed by atoms with E-state index in [0.29, 0.717) is 29.6 Å². The predicted octanol–water partition coefficient (Wildman–Crippen LogP) is 10.2. The van der Waals surface area contributed by atoms with Crippen LogP contribution in [0.5, 0.6) is 17.2 Å². The van der Waals surface area contributed by atoms with Gasteiger partial charge in [-0.25, -0.2) is 22.5 Å². The number of aromatic amines is 1. The van der Waals surface area contributed by atoms with E-state index in [0.717, 1.165) is 69.9 Å². The van der Waals surface area contributed by atoms with Crippen molar-refractivity contribution in [1.82, 2.24) is 19.6 Å². The number of hydrogen-bond acceptors (Lipinski definition) is 11. The number of likely N-dealkylation sites (tertiary alicyclic amines) is 1. The van der Waals surface area contributed by atoms with Crippen LogP contribution in [0.15, 0.2) is 78.0 Å². The fourth-order valence-corrected chi connectivity index (χ4v) is 12.6. The molecule has 0 bridgehead atoms. The van der Waals surface area contributed by atoms with Crippen molar-refractivity contribution in [3.8, 4) is 17.2 Å². The van der Waals surface area contributed by atoms with Gasteiger partial charge in [0.15, 0.2) is 11.4 Å². The lowest BCUT2D eigenvalue weighted by Gasteiger charge is -2.56. The number of nitrogens with one attached hydrogen (secondary N) is 3. The van der Waals surface area contributed by atoms with Crippen LogP contribution < -0.4 is 24.4 Å². The van der Waals surface area contributed by atoms with Gasteiger partial charge in [-0.15, -0.1) is 0 Å². The van der Waals surface area contributed by atoms with Crippen molar-refractivity contribution in [3.05, 3.63) is 106 Å². The van der Waals surface area contributed by atoms with E-state index in [4.69, 9.17) is 9.47 Å². The second kappa shape index (κ2) is 17.5. The molecule has 348 valence electrons. The smallest absolute Gasteiger partial charge is 0.297 e. The van der Waals surface area contributed by atoms with Crippen molar-refractivity contribution in [2.75, 3.05) is 36.5 Å². The molecule has 2 aliphatic carbocycles. The largest absolute Gasteiger partial charge is 0.489 e. The summed E-state index contributed by atoms with van der Waals surface area (Å²) in [5, 5.41) is 15.9. The molecule has 1 amide bonds. The van der Waals surface area contributed by atoms with Gasteiger partial charge in [-0.2, -0.15) is 0 Å². The second-order valence-electron chi connectivity index (χ2n) is 19.8. The fraction of sp³-hybridized carbons (Fsp3) is 0.480. The van der Waals surface area contributed by atoms with Crippen LogP contribution in [-0.2, 0) is 10.0 Å². The molecular formula is C50H58FN7O7S. The summed E-state index contributed by atoms with van der Waals surface area (Å²) in [6.45, 7) is 9.72. The number of fused-ring (bicyclic) bond motifs is 2. The minimum atomic E-state index is -4.68. The molecule has 3 aromatic carbocycles. The monoisotopic (exact) mass is 919 g/mol. The number of ether oxygens (including phenoxy) is 2. The van der Waals surface area contributed by atoms with Gasteiger partial charge >= 0.3 is 0 Å². The van der Waals surface area contributed by atoms with Gasteiger partial charge in [0.25, 0.3) is 21.6 Å². The second-order valence-corrected chi connectivity index (χ2v) is 21.5. The molecule has 2 saturated carbocycles. The SMILES string of the molecule is CC1CCC([C@H]2COc3cc(S(=O)(=O)NC(=O)c4ccc(N5CCC6(CC5)CC(N5CCC[C@@H]5c5ccccc5C(C)C)C6)cc4Oc4cnc5[nH]cc(F)c5c4)cc([N+](=O)[O-])c3N2)CC1. The molecule has 10 rings (SSSR count). The number of carbonyl (C=O) groups excluding carboxylic acids is 1. The Kier molecular flexibility index (Phi) is 11.7. The predicted molar refractivity (Wildman–Crippen MR) is 250 cm³/mol. The Labute approximate surface area is 384 Å². The number of halogens is 1. The van der Waals surface area contributed by atoms with E-state index >= 15 is 0 Å². The Bertz CT molecular complexity index is 2770. The summed E-state index contributed by atoms with van der Waals surface area (Å²) in [5.41, 5.74) is 3.86. The van der Waals surface area contributed by atoms with Gasteiger partial charge in [0, 0.05) is 55.3 Å². The quantitative estimate of drug-likeness (QED) is 0.0850. The van der Waals surface area contributed by atoms with E-state index in [2.05, 4.69) is 74.8 Å². The number of rotatable bonds is 11. The summed E-state index contributed by atoms with van der Waals surface area (Å²) in [4.78, 5) is 37.4. The first-order chi connectivity index (χ1) is 31.7. The number of aromatic nitrogens is 2. The number of pyridine rings is 1. The third-order valence-electron chi connectivity index (χ3n) is 15.3. The van der Waals surface area contributed by atoms with E-state index in [1.165, 1.54) is 67.4 Å². The molecule has 3 N–H and O–H groups in total. The lowest BCUT2D eigenvalue weighted by atomic mass is 9.59. The maximum absolute atomic E-state index is 14.7. The third kappa shape index (κ3) is 8.46. The lowest BCUT2D eigenvalue weighted by molar-refractivity contribution is -0.384. The van der Waals surface area contributed by atoms with E-state index in [1.807, 2.05) is 0 Å². The number of anilines is 2. The normalized spacial score (nSPS) is 23.3. The van der Waals surface area contributed by atoms with Gasteiger partial charge < -0.3 is 24.7 Å². The molecule has 3 aliphatic heterocycles. The molecule has 4 fully saturated rings. The number of piperidine rings is 1. The number of nitro benzene ring substituents is 1. The average molecular weight is 920 g/mol. The number of benzene rings is 3. The molecule has 2 saturated heterocycles. The summed E-state index contributed by atoms with van der Waals surface area (Å²) in [6, 6.07) is 18.4. The Balaban J connectivity index is 0.865. The van der Waals surface area contributed by atoms with E-state index < -0.39 is 37.3 Å². The van der Waals surface area contributed by atoms with Crippen LogP contribution >= 0.6 is 0 Å². The fourth-order valence-electron chi connectivity index (χ4n) is 11.6. The molecule has 14 nitrogen and oxygen atoms in total. The summed E-state index contributed by atoms with van der Waals surface area (Å²) in [7, 11) is -4.68. The van der Waals surface area contributed by atoms with Gasteiger partial charge in [-0.1, -0.05) is 57.9 Å². The zero-order valence-corrected chi connectivity index (χ0v) is 38.5. The molecule has 2 atom stereocenters. The first-order valence-electron chi connectivity index (χ1n) is 23.6. The first-order valence-corrected chi connectivity index (χ1v) is 25.1. The maximum Gasteiger partial charge on any atom is 0.297 e. The summed E-state index contributed by atoms with van der Waals surface area (Å²) in [6.07, 6.45) is 13.4. The van der Waals surface area contributed by atoms with E-state index in [9.17, 15) is 27.7 Å². The van der Waals surface area contributed by atoms with Crippen molar-refractivity contribution in [2.45, 2.75) is 114 Å². The molecule has 5 heterocycles. The van der Waals surface area contributed by atoms with Crippen LogP contribution in [0.4, 0.5) is 21.5 Å². The molecule has 1 spiro atoms. The topological polar surface area (TPSA) is 172 Å².